The summed E-state index contributed by atoms with van der Waals surface area (Å²) in [4.78, 5) is 28.5. The van der Waals surface area contributed by atoms with Crippen LogP contribution >= 0.6 is 0 Å². The minimum Gasteiger partial charge on any atom is -0.459 e. The molecule has 1 N–H and O–H groups in total. The Morgan fingerprint density at radius 3 is 2.95 bits per heavy atom. The lowest BCUT2D eigenvalue weighted by Crippen LogP contribution is -2.36. The first-order chi connectivity index (χ1) is 9.27. The normalized spacial score (nSPS) is 15.3. The number of hydroxylamine groups is 2. The highest BCUT2D eigenvalue weighted by atomic mass is 16.7. The van der Waals surface area contributed by atoms with E-state index in [1.807, 2.05) is 0 Å². The smallest absolute Gasteiger partial charge is 0.286 e. The fourth-order valence-corrected chi connectivity index (χ4v) is 1.85. The molecule has 0 spiro atoms. The van der Waals surface area contributed by atoms with Crippen LogP contribution in [0.1, 0.15) is 36.2 Å². The van der Waals surface area contributed by atoms with Gasteiger partial charge in [0.2, 0.25) is 5.91 Å². The molecular formula is C13H18N2O4. The Labute approximate surface area is 111 Å². The van der Waals surface area contributed by atoms with E-state index in [-0.39, 0.29) is 17.6 Å². The van der Waals surface area contributed by atoms with Gasteiger partial charge in [0, 0.05) is 19.5 Å². The van der Waals surface area contributed by atoms with Crippen molar-refractivity contribution >= 4 is 11.8 Å². The molecule has 1 aliphatic heterocycles. The van der Waals surface area contributed by atoms with Crippen molar-refractivity contribution in [1.29, 1.82) is 0 Å². The van der Waals surface area contributed by atoms with Crippen LogP contribution in [0, 0.1) is 0 Å². The zero-order chi connectivity index (χ0) is 13.5. The second-order valence-corrected chi connectivity index (χ2v) is 4.37. The summed E-state index contributed by atoms with van der Waals surface area (Å²) < 4.78 is 4.96. The van der Waals surface area contributed by atoms with Gasteiger partial charge in [0.25, 0.3) is 5.91 Å². The average molecular weight is 266 g/mol. The summed E-state index contributed by atoms with van der Waals surface area (Å²) in [6.07, 6.45) is 4.40. The highest BCUT2D eigenvalue weighted by molar-refractivity contribution is 5.91. The Bertz CT molecular complexity index is 410. The molecule has 0 unspecified atom stereocenters. The zero-order valence-corrected chi connectivity index (χ0v) is 10.8. The van der Waals surface area contributed by atoms with Crippen molar-refractivity contribution in [3.05, 3.63) is 24.2 Å². The van der Waals surface area contributed by atoms with E-state index in [1.54, 1.807) is 12.1 Å². The molecule has 1 aromatic heterocycles. The lowest BCUT2D eigenvalue weighted by atomic mass is 10.2. The lowest BCUT2D eigenvalue weighted by molar-refractivity contribution is -0.197. The number of nitrogens with one attached hydrogen (secondary N) is 1. The third-order valence-corrected chi connectivity index (χ3v) is 2.88. The summed E-state index contributed by atoms with van der Waals surface area (Å²) in [5, 5.41) is 4.13. The predicted octanol–water partition coefficient (Wildman–Crippen LogP) is 1.34. The topological polar surface area (TPSA) is 71.8 Å². The third-order valence-electron chi connectivity index (χ3n) is 2.88. The maximum Gasteiger partial charge on any atom is 0.286 e. The van der Waals surface area contributed by atoms with Crippen LogP contribution in [0.3, 0.4) is 0 Å². The molecule has 104 valence electrons. The van der Waals surface area contributed by atoms with Gasteiger partial charge in [-0.2, -0.15) is 0 Å². The SMILES string of the molecule is O=C(NCCCC(=O)N1CCCCO1)c1ccco1. The van der Waals surface area contributed by atoms with Crippen molar-refractivity contribution in [2.75, 3.05) is 19.7 Å². The van der Waals surface area contributed by atoms with Crippen molar-refractivity contribution in [1.82, 2.24) is 10.4 Å². The summed E-state index contributed by atoms with van der Waals surface area (Å²) >= 11 is 0. The molecule has 6 nitrogen and oxygen atoms in total. The molecule has 1 fully saturated rings. The van der Waals surface area contributed by atoms with Gasteiger partial charge in [-0.05, 0) is 31.4 Å². The van der Waals surface area contributed by atoms with Crippen LogP contribution in [0.2, 0.25) is 0 Å². The van der Waals surface area contributed by atoms with E-state index >= 15 is 0 Å². The van der Waals surface area contributed by atoms with Crippen LogP contribution in [0.15, 0.2) is 22.8 Å². The van der Waals surface area contributed by atoms with E-state index in [0.29, 0.717) is 32.5 Å². The molecule has 0 saturated carbocycles. The standard InChI is InChI=1S/C13H18N2O4/c16-12(15-8-1-2-10-19-15)6-3-7-14-13(17)11-5-4-9-18-11/h4-5,9H,1-3,6-8,10H2,(H,14,17). The number of hydrogen-bond donors (Lipinski definition) is 1. The molecule has 2 heterocycles. The molecule has 19 heavy (non-hydrogen) atoms. The maximum absolute atomic E-state index is 11.7. The summed E-state index contributed by atoms with van der Waals surface area (Å²) in [5.41, 5.74) is 0. The van der Waals surface area contributed by atoms with Gasteiger partial charge in [0.1, 0.15) is 0 Å². The molecule has 1 aromatic rings. The highest BCUT2D eigenvalue weighted by Gasteiger charge is 2.17. The summed E-state index contributed by atoms with van der Waals surface area (Å²) in [7, 11) is 0. The molecule has 0 aliphatic carbocycles. The van der Waals surface area contributed by atoms with Crippen LogP contribution in [-0.2, 0) is 9.63 Å². The lowest BCUT2D eigenvalue weighted by Gasteiger charge is -2.25. The van der Waals surface area contributed by atoms with Gasteiger partial charge in [-0.15, -0.1) is 0 Å². The number of furan rings is 1. The molecule has 0 atom stereocenters. The van der Waals surface area contributed by atoms with Gasteiger partial charge in [0.05, 0.1) is 12.9 Å². The molecule has 2 amide bonds. The van der Waals surface area contributed by atoms with Crippen LogP contribution in [-0.4, -0.2) is 36.6 Å². The Kier molecular flexibility index (Phi) is 4.97. The van der Waals surface area contributed by atoms with Crippen molar-refractivity contribution in [2.45, 2.75) is 25.7 Å². The first-order valence-corrected chi connectivity index (χ1v) is 6.52. The Morgan fingerprint density at radius 1 is 1.37 bits per heavy atom. The Balaban J connectivity index is 1.61. The fraction of sp³-hybridized carbons (Fsp3) is 0.538. The van der Waals surface area contributed by atoms with E-state index in [2.05, 4.69) is 5.32 Å². The maximum atomic E-state index is 11.7. The first kappa shape index (κ1) is 13.6. The van der Waals surface area contributed by atoms with Gasteiger partial charge < -0.3 is 9.73 Å². The number of carbonyl (C=O) groups excluding carboxylic acids is 2. The number of rotatable bonds is 5. The monoisotopic (exact) mass is 266 g/mol. The molecule has 2 rings (SSSR count). The van der Waals surface area contributed by atoms with Gasteiger partial charge >= 0.3 is 0 Å². The average Bonchev–Trinajstić information content (AvgIpc) is 2.98. The molecule has 6 heteroatoms. The highest BCUT2D eigenvalue weighted by Crippen LogP contribution is 2.08. The minimum atomic E-state index is -0.258. The fourth-order valence-electron chi connectivity index (χ4n) is 1.85. The molecule has 0 aromatic carbocycles. The summed E-state index contributed by atoms with van der Waals surface area (Å²) in [5.74, 6) is 0.00399. The Hall–Kier alpha value is -1.82. The van der Waals surface area contributed by atoms with Crippen LogP contribution in [0.4, 0.5) is 0 Å². The largest absolute Gasteiger partial charge is 0.459 e. The van der Waals surface area contributed by atoms with Crippen molar-refractivity contribution in [2.24, 2.45) is 0 Å². The first-order valence-electron chi connectivity index (χ1n) is 6.52. The molecule has 0 bridgehead atoms. The summed E-state index contributed by atoms with van der Waals surface area (Å²) in [6.45, 7) is 1.72. The number of nitrogens with zero attached hydrogens (tertiary/aromatic N) is 1. The second kappa shape index (κ2) is 6.94. The minimum absolute atomic E-state index is 0.0213. The molecule has 1 saturated heterocycles. The van der Waals surface area contributed by atoms with E-state index < -0.39 is 0 Å². The Morgan fingerprint density at radius 2 is 2.26 bits per heavy atom. The number of hydrogen-bond acceptors (Lipinski definition) is 4. The zero-order valence-electron chi connectivity index (χ0n) is 10.8. The van der Waals surface area contributed by atoms with E-state index in [4.69, 9.17) is 9.25 Å². The molecular weight excluding hydrogens is 248 g/mol. The van der Waals surface area contributed by atoms with E-state index in [9.17, 15) is 9.59 Å². The van der Waals surface area contributed by atoms with Crippen molar-refractivity contribution in [3.8, 4) is 0 Å². The van der Waals surface area contributed by atoms with Gasteiger partial charge in [-0.25, -0.2) is 5.06 Å². The van der Waals surface area contributed by atoms with Crippen molar-refractivity contribution < 1.29 is 18.8 Å². The van der Waals surface area contributed by atoms with Crippen LogP contribution in [0.25, 0.3) is 0 Å². The van der Waals surface area contributed by atoms with E-state index in [1.165, 1.54) is 11.3 Å². The summed E-state index contributed by atoms with van der Waals surface area (Å²) in [6, 6.07) is 3.26. The third kappa shape index (κ3) is 4.10. The molecule has 0 radical (unpaired) electrons. The van der Waals surface area contributed by atoms with Crippen LogP contribution < -0.4 is 5.32 Å². The van der Waals surface area contributed by atoms with Gasteiger partial charge in [-0.1, -0.05) is 0 Å². The second-order valence-electron chi connectivity index (χ2n) is 4.37. The van der Waals surface area contributed by atoms with E-state index in [0.717, 1.165) is 12.8 Å². The van der Waals surface area contributed by atoms with Crippen molar-refractivity contribution in [3.63, 3.8) is 0 Å². The molecule has 1 aliphatic rings. The van der Waals surface area contributed by atoms with Gasteiger partial charge in [0.15, 0.2) is 5.76 Å². The number of carbonyl (C=O) groups is 2. The number of amides is 2. The predicted molar refractivity (Wildman–Crippen MR) is 67.2 cm³/mol. The quantitative estimate of drug-likeness (QED) is 0.816. The van der Waals surface area contributed by atoms with Gasteiger partial charge in [-0.3, -0.25) is 14.4 Å². The van der Waals surface area contributed by atoms with Crippen LogP contribution in [0.5, 0.6) is 0 Å².